The summed E-state index contributed by atoms with van der Waals surface area (Å²) in [5.41, 5.74) is 4.20. The zero-order chi connectivity index (χ0) is 22.9. The second-order valence-electron chi connectivity index (χ2n) is 7.48. The molecule has 2 N–H and O–H groups in total. The SMILES string of the molecule is COc1ccn2c(C(=O)Nc3ccc(NC(=O)c4cc5ccccn5n4)cc3C)cnc2c1. The van der Waals surface area contributed by atoms with Crippen LogP contribution in [0.15, 0.2) is 73.2 Å². The van der Waals surface area contributed by atoms with Crippen molar-refractivity contribution < 1.29 is 14.3 Å². The molecule has 0 bridgehead atoms. The van der Waals surface area contributed by atoms with Gasteiger partial charge in [0.25, 0.3) is 11.8 Å². The van der Waals surface area contributed by atoms with Crippen LogP contribution in [-0.2, 0) is 0 Å². The Hall–Kier alpha value is -4.66. The average molecular weight is 440 g/mol. The minimum absolute atomic E-state index is 0.294. The standard InChI is InChI=1S/C24H20N6O3/c1-15-11-16(26-23(31)20-12-17-5-3-4-9-30(17)28-20)6-7-19(15)27-24(32)21-14-25-22-13-18(33-2)8-10-29(21)22/h3-14H,1-2H3,(H,26,31)(H,27,32). The molecule has 9 heteroatoms. The van der Waals surface area contributed by atoms with Gasteiger partial charge in [-0.2, -0.15) is 5.10 Å². The van der Waals surface area contributed by atoms with Gasteiger partial charge in [0.05, 0.1) is 18.8 Å². The third kappa shape index (κ3) is 3.87. The lowest BCUT2D eigenvalue weighted by atomic mass is 10.1. The van der Waals surface area contributed by atoms with Crippen molar-refractivity contribution in [2.45, 2.75) is 6.92 Å². The smallest absolute Gasteiger partial charge is 0.276 e. The number of rotatable bonds is 5. The first-order chi connectivity index (χ1) is 16.0. The van der Waals surface area contributed by atoms with Crippen LogP contribution >= 0.6 is 0 Å². The van der Waals surface area contributed by atoms with E-state index in [0.717, 1.165) is 11.1 Å². The first-order valence-electron chi connectivity index (χ1n) is 10.2. The predicted octanol–water partition coefficient (Wildman–Crippen LogP) is 3.80. The molecule has 2 amide bonds. The molecule has 0 spiro atoms. The van der Waals surface area contributed by atoms with Crippen LogP contribution in [0.5, 0.6) is 5.75 Å². The number of hydrogen-bond acceptors (Lipinski definition) is 5. The first-order valence-corrected chi connectivity index (χ1v) is 10.2. The van der Waals surface area contributed by atoms with Crippen molar-refractivity contribution in [1.82, 2.24) is 19.0 Å². The summed E-state index contributed by atoms with van der Waals surface area (Å²) in [6, 6.07) is 16.1. The average Bonchev–Trinajstić information content (AvgIpc) is 3.44. The Morgan fingerprint density at radius 3 is 2.64 bits per heavy atom. The number of aryl methyl sites for hydroxylation is 1. The molecule has 0 aliphatic carbocycles. The number of ether oxygens (including phenoxy) is 1. The molecule has 1 aromatic carbocycles. The van der Waals surface area contributed by atoms with Gasteiger partial charge in [0.15, 0.2) is 5.69 Å². The van der Waals surface area contributed by atoms with Crippen LogP contribution in [0.25, 0.3) is 11.2 Å². The van der Waals surface area contributed by atoms with Crippen LogP contribution in [0.3, 0.4) is 0 Å². The molecule has 0 radical (unpaired) electrons. The van der Waals surface area contributed by atoms with Gasteiger partial charge in [0, 0.05) is 29.8 Å². The number of carbonyl (C=O) groups is 2. The minimum atomic E-state index is -0.309. The molecule has 5 rings (SSSR count). The van der Waals surface area contributed by atoms with Crippen LogP contribution in [0.4, 0.5) is 11.4 Å². The number of aromatic nitrogens is 4. The quantitative estimate of drug-likeness (QED) is 0.433. The lowest BCUT2D eigenvalue weighted by molar-refractivity contribution is 0.101. The van der Waals surface area contributed by atoms with E-state index in [9.17, 15) is 9.59 Å². The summed E-state index contributed by atoms with van der Waals surface area (Å²) in [6.45, 7) is 1.86. The molecular formula is C24H20N6O3. The Balaban J connectivity index is 1.31. The lowest BCUT2D eigenvalue weighted by Gasteiger charge is -2.11. The molecule has 33 heavy (non-hydrogen) atoms. The van der Waals surface area contributed by atoms with Gasteiger partial charge in [-0.05, 0) is 55.0 Å². The molecule has 0 atom stereocenters. The molecule has 0 saturated heterocycles. The third-order valence-electron chi connectivity index (χ3n) is 5.29. The van der Waals surface area contributed by atoms with Crippen LogP contribution < -0.4 is 15.4 Å². The topological polar surface area (TPSA) is 102 Å². The number of nitrogens with one attached hydrogen (secondary N) is 2. The van der Waals surface area contributed by atoms with Crippen molar-refractivity contribution in [3.8, 4) is 5.75 Å². The van der Waals surface area contributed by atoms with Gasteiger partial charge < -0.3 is 15.4 Å². The Labute approximate surface area is 188 Å². The van der Waals surface area contributed by atoms with Crippen molar-refractivity contribution >= 4 is 34.4 Å². The molecule has 9 nitrogen and oxygen atoms in total. The number of anilines is 2. The molecule has 0 fully saturated rings. The second kappa shape index (κ2) is 8.12. The zero-order valence-electron chi connectivity index (χ0n) is 17.9. The van der Waals surface area contributed by atoms with Crippen molar-refractivity contribution in [3.05, 3.63) is 90.1 Å². The van der Waals surface area contributed by atoms with Gasteiger partial charge in [-0.15, -0.1) is 0 Å². The summed E-state index contributed by atoms with van der Waals surface area (Å²) in [5, 5.41) is 10.0. The van der Waals surface area contributed by atoms with Crippen LogP contribution in [-0.4, -0.2) is 37.9 Å². The summed E-state index contributed by atoms with van der Waals surface area (Å²) in [4.78, 5) is 29.7. The van der Waals surface area contributed by atoms with Crippen LogP contribution in [0.1, 0.15) is 26.5 Å². The van der Waals surface area contributed by atoms with Gasteiger partial charge in [-0.3, -0.25) is 14.0 Å². The number of fused-ring (bicyclic) bond motifs is 2. The van der Waals surface area contributed by atoms with E-state index in [-0.39, 0.29) is 11.8 Å². The van der Waals surface area contributed by atoms with Gasteiger partial charge in [-0.25, -0.2) is 9.50 Å². The van der Waals surface area contributed by atoms with Gasteiger partial charge in [0.2, 0.25) is 0 Å². The lowest BCUT2D eigenvalue weighted by Crippen LogP contribution is -2.16. The molecule has 0 unspecified atom stereocenters. The van der Waals surface area contributed by atoms with Crippen molar-refractivity contribution in [3.63, 3.8) is 0 Å². The normalized spacial score (nSPS) is 11.0. The maximum absolute atomic E-state index is 12.8. The molecule has 164 valence electrons. The summed E-state index contributed by atoms with van der Waals surface area (Å²) in [7, 11) is 1.58. The molecule has 0 aliphatic heterocycles. The van der Waals surface area contributed by atoms with Gasteiger partial charge in [0.1, 0.15) is 17.1 Å². The maximum atomic E-state index is 12.8. The Morgan fingerprint density at radius 1 is 0.970 bits per heavy atom. The number of imidazole rings is 1. The van der Waals surface area contributed by atoms with Gasteiger partial charge >= 0.3 is 0 Å². The van der Waals surface area contributed by atoms with E-state index in [1.54, 1.807) is 64.8 Å². The maximum Gasteiger partial charge on any atom is 0.276 e. The van der Waals surface area contributed by atoms with Crippen LogP contribution in [0.2, 0.25) is 0 Å². The van der Waals surface area contributed by atoms with E-state index in [2.05, 4.69) is 20.7 Å². The number of benzene rings is 1. The van der Waals surface area contributed by atoms with E-state index >= 15 is 0 Å². The fourth-order valence-corrected chi connectivity index (χ4v) is 3.57. The van der Waals surface area contributed by atoms with E-state index < -0.39 is 0 Å². The van der Waals surface area contributed by atoms with Gasteiger partial charge in [-0.1, -0.05) is 6.07 Å². The number of pyridine rings is 2. The molecule has 5 aromatic rings. The molecule has 4 aromatic heterocycles. The molecule has 4 heterocycles. The van der Waals surface area contributed by atoms with E-state index in [0.29, 0.717) is 34.2 Å². The predicted molar refractivity (Wildman–Crippen MR) is 124 cm³/mol. The summed E-state index contributed by atoms with van der Waals surface area (Å²) in [6.07, 6.45) is 5.04. The van der Waals surface area contributed by atoms with E-state index in [1.165, 1.54) is 6.20 Å². The highest BCUT2D eigenvalue weighted by molar-refractivity contribution is 6.05. The Bertz CT molecular complexity index is 1480. The summed E-state index contributed by atoms with van der Waals surface area (Å²) in [5.74, 6) is 0.0606. The minimum Gasteiger partial charge on any atom is -0.497 e. The highest BCUT2D eigenvalue weighted by Crippen LogP contribution is 2.22. The molecular weight excluding hydrogens is 420 g/mol. The number of carbonyl (C=O) groups excluding carboxylic acids is 2. The largest absolute Gasteiger partial charge is 0.497 e. The molecule has 0 saturated carbocycles. The summed E-state index contributed by atoms with van der Waals surface area (Å²) >= 11 is 0. The monoisotopic (exact) mass is 440 g/mol. The van der Waals surface area contributed by atoms with Crippen molar-refractivity contribution in [1.29, 1.82) is 0 Å². The van der Waals surface area contributed by atoms with E-state index in [4.69, 9.17) is 4.74 Å². The highest BCUT2D eigenvalue weighted by atomic mass is 16.5. The number of nitrogens with zero attached hydrogens (tertiary/aromatic N) is 4. The summed E-state index contributed by atoms with van der Waals surface area (Å²) < 4.78 is 8.54. The third-order valence-corrected chi connectivity index (χ3v) is 5.29. The molecule has 0 aliphatic rings. The fourth-order valence-electron chi connectivity index (χ4n) is 3.57. The fraction of sp³-hybridized carbons (Fsp3) is 0.0833. The Kier molecular flexibility index (Phi) is 4.98. The Morgan fingerprint density at radius 2 is 1.85 bits per heavy atom. The number of hydrogen-bond donors (Lipinski definition) is 2. The highest BCUT2D eigenvalue weighted by Gasteiger charge is 2.15. The second-order valence-corrected chi connectivity index (χ2v) is 7.48. The van der Waals surface area contributed by atoms with Crippen LogP contribution in [0, 0.1) is 6.92 Å². The number of amides is 2. The zero-order valence-corrected chi connectivity index (χ0v) is 17.9. The van der Waals surface area contributed by atoms with E-state index in [1.807, 2.05) is 25.1 Å². The number of methoxy groups -OCH3 is 1. The van der Waals surface area contributed by atoms with Crippen molar-refractivity contribution in [2.75, 3.05) is 17.7 Å². The van der Waals surface area contributed by atoms with Crippen molar-refractivity contribution in [2.24, 2.45) is 0 Å². The first kappa shape index (κ1) is 20.3.